The lowest BCUT2D eigenvalue weighted by atomic mass is 10.1. The standard InChI is InChI=1S/C31H39N3O4S/c1-6-24(4)32-31(36)25(5)33(21-26-15-13-14-23(3)20-26)30(35)22-34(29-19-12-11-16-27(29)7-2)39(37,38)28-17-9-8-10-18-28/h8-20,24-25H,6-7,21-22H2,1-5H3,(H,32,36). The van der Waals surface area contributed by atoms with Crippen LogP contribution in [-0.2, 0) is 32.6 Å². The van der Waals surface area contributed by atoms with Gasteiger partial charge in [-0.3, -0.25) is 13.9 Å². The first-order valence-electron chi connectivity index (χ1n) is 13.4. The number of nitrogens with zero attached hydrogens (tertiary/aromatic N) is 2. The molecule has 0 aromatic heterocycles. The quantitative estimate of drug-likeness (QED) is 0.341. The maximum atomic E-state index is 14.0. The Morgan fingerprint density at radius 1 is 0.897 bits per heavy atom. The van der Waals surface area contributed by atoms with Crippen LogP contribution >= 0.6 is 0 Å². The Labute approximate surface area is 232 Å². The van der Waals surface area contributed by atoms with Crippen LogP contribution in [0.25, 0.3) is 0 Å². The lowest BCUT2D eigenvalue weighted by Gasteiger charge is -2.33. The second kappa shape index (κ2) is 13.4. The van der Waals surface area contributed by atoms with E-state index < -0.39 is 28.5 Å². The predicted octanol–water partition coefficient (Wildman–Crippen LogP) is 5.08. The zero-order valence-corrected chi connectivity index (χ0v) is 24.2. The first-order chi connectivity index (χ1) is 18.6. The average Bonchev–Trinajstić information content (AvgIpc) is 2.94. The molecule has 0 aliphatic carbocycles. The molecule has 0 saturated heterocycles. The van der Waals surface area contributed by atoms with Gasteiger partial charge in [0.25, 0.3) is 10.0 Å². The largest absolute Gasteiger partial charge is 0.352 e. The number of amides is 2. The van der Waals surface area contributed by atoms with Crippen molar-refractivity contribution in [2.75, 3.05) is 10.8 Å². The van der Waals surface area contributed by atoms with Gasteiger partial charge in [0.2, 0.25) is 11.8 Å². The number of sulfonamides is 1. The molecule has 39 heavy (non-hydrogen) atoms. The minimum Gasteiger partial charge on any atom is -0.352 e. The van der Waals surface area contributed by atoms with Gasteiger partial charge in [-0.15, -0.1) is 0 Å². The van der Waals surface area contributed by atoms with E-state index in [1.807, 2.05) is 64.1 Å². The van der Waals surface area contributed by atoms with Crippen LogP contribution in [0.5, 0.6) is 0 Å². The van der Waals surface area contributed by atoms with Crippen LogP contribution in [0, 0.1) is 6.92 Å². The predicted molar refractivity (Wildman–Crippen MR) is 156 cm³/mol. The minimum absolute atomic E-state index is 0.0535. The first-order valence-corrected chi connectivity index (χ1v) is 14.8. The molecule has 3 aromatic rings. The Hall–Kier alpha value is -3.65. The summed E-state index contributed by atoms with van der Waals surface area (Å²) in [4.78, 5) is 28.7. The summed E-state index contributed by atoms with van der Waals surface area (Å²) in [7, 11) is -4.08. The maximum Gasteiger partial charge on any atom is 0.264 e. The number of hydrogen-bond acceptors (Lipinski definition) is 4. The summed E-state index contributed by atoms with van der Waals surface area (Å²) < 4.78 is 29.0. The van der Waals surface area contributed by atoms with Gasteiger partial charge >= 0.3 is 0 Å². The third-order valence-corrected chi connectivity index (χ3v) is 8.63. The first kappa shape index (κ1) is 29.9. The van der Waals surface area contributed by atoms with Crippen molar-refractivity contribution in [1.29, 1.82) is 0 Å². The summed E-state index contributed by atoms with van der Waals surface area (Å²) in [5.41, 5.74) is 3.14. The number of rotatable bonds is 12. The number of nitrogens with one attached hydrogen (secondary N) is 1. The molecule has 3 rings (SSSR count). The van der Waals surface area contributed by atoms with Crippen LogP contribution in [0.3, 0.4) is 0 Å². The molecule has 0 radical (unpaired) electrons. The van der Waals surface area contributed by atoms with E-state index in [0.29, 0.717) is 12.1 Å². The maximum absolute atomic E-state index is 14.0. The van der Waals surface area contributed by atoms with E-state index in [1.54, 1.807) is 37.3 Å². The summed E-state index contributed by atoms with van der Waals surface area (Å²) in [6.45, 7) is 9.20. The second-order valence-corrected chi connectivity index (χ2v) is 11.7. The van der Waals surface area contributed by atoms with Gasteiger partial charge in [-0.2, -0.15) is 0 Å². The molecule has 1 N–H and O–H groups in total. The molecule has 2 amide bonds. The zero-order valence-electron chi connectivity index (χ0n) is 23.4. The average molecular weight is 550 g/mol. The lowest BCUT2D eigenvalue weighted by molar-refractivity contribution is -0.139. The van der Waals surface area contributed by atoms with Crippen LogP contribution in [-0.4, -0.2) is 43.8 Å². The van der Waals surface area contributed by atoms with Crippen LogP contribution in [0.4, 0.5) is 5.69 Å². The van der Waals surface area contributed by atoms with Gasteiger partial charge in [-0.25, -0.2) is 8.42 Å². The van der Waals surface area contributed by atoms with E-state index in [9.17, 15) is 18.0 Å². The molecule has 0 saturated carbocycles. The fourth-order valence-corrected chi connectivity index (χ4v) is 5.81. The molecule has 0 aliphatic heterocycles. The smallest absolute Gasteiger partial charge is 0.264 e. The number of anilines is 1. The van der Waals surface area contributed by atoms with E-state index in [0.717, 1.165) is 23.1 Å². The molecule has 8 heteroatoms. The molecule has 0 aliphatic rings. The molecular weight excluding hydrogens is 510 g/mol. The lowest BCUT2D eigenvalue weighted by Crippen LogP contribution is -2.52. The molecule has 0 heterocycles. The molecule has 3 aromatic carbocycles. The van der Waals surface area contributed by atoms with Crippen molar-refractivity contribution in [3.63, 3.8) is 0 Å². The van der Waals surface area contributed by atoms with Gasteiger partial charge in [0.1, 0.15) is 12.6 Å². The van der Waals surface area contributed by atoms with Crippen molar-refractivity contribution >= 4 is 27.5 Å². The monoisotopic (exact) mass is 549 g/mol. The summed E-state index contributed by atoms with van der Waals surface area (Å²) in [5.74, 6) is -0.745. The summed E-state index contributed by atoms with van der Waals surface area (Å²) in [6.07, 6.45) is 1.34. The van der Waals surface area contributed by atoms with E-state index in [1.165, 1.54) is 21.3 Å². The van der Waals surface area contributed by atoms with Crippen LogP contribution in [0.15, 0.2) is 83.8 Å². The summed E-state index contributed by atoms with van der Waals surface area (Å²) in [5, 5.41) is 2.96. The van der Waals surface area contributed by atoms with Gasteiger partial charge in [0, 0.05) is 12.6 Å². The van der Waals surface area contributed by atoms with Crippen molar-refractivity contribution in [1.82, 2.24) is 10.2 Å². The fourth-order valence-electron chi connectivity index (χ4n) is 4.34. The van der Waals surface area contributed by atoms with Gasteiger partial charge < -0.3 is 10.2 Å². The van der Waals surface area contributed by atoms with E-state index >= 15 is 0 Å². The zero-order chi connectivity index (χ0) is 28.6. The number of para-hydroxylation sites is 1. The number of carbonyl (C=O) groups excluding carboxylic acids is 2. The number of hydrogen-bond donors (Lipinski definition) is 1. The van der Waals surface area contributed by atoms with Gasteiger partial charge in [0.05, 0.1) is 10.6 Å². The Morgan fingerprint density at radius 3 is 2.21 bits per heavy atom. The normalized spacial score (nSPS) is 12.8. The van der Waals surface area contributed by atoms with Crippen LogP contribution in [0.1, 0.15) is 50.8 Å². The Balaban J connectivity index is 2.05. The van der Waals surface area contributed by atoms with E-state index in [-0.39, 0.29) is 23.4 Å². The van der Waals surface area contributed by atoms with Crippen molar-refractivity contribution in [3.05, 3.63) is 95.6 Å². The second-order valence-electron chi connectivity index (χ2n) is 9.81. The molecule has 7 nitrogen and oxygen atoms in total. The number of benzene rings is 3. The molecule has 0 fully saturated rings. The van der Waals surface area contributed by atoms with Gasteiger partial charge in [0.15, 0.2) is 0 Å². The Kier molecular flexibility index (Phi) is 10.3. The molecule has 208 valence electrons. The highest BCUT2D eigenvalue weighted by atomic mass is 32.2. The van der Waals surface area contributed by atoms with Crippen molar-refractivity contribution in [2.45, 2.75) is 71.0 Å². The Bertz CT molecular complexity index is 1380. The van der Waals surface area contributed by atoms with Crippen molar-refractivity contribution < 1.29 is 18.0 Å². The third kappa shape index (κ3) is 7.47. The third-order valence-electron chi connectivity index (χ3n) is 6.86. The van der Waals surface area contributed by atoms with Crippen LogP contribution < -0.4 is 9.62 Å². The van der Waals surface area contributed by atoms with E-state index in [4.69, 9.17) is 0 Å². The highest BCUT2D eigenvalue weighted by Crippen LogP contribution is 2.28. The van der Waals surface area contributed by atoms with Crippen molar-refractivity contribution in [2.24, 2.45) is 0 Å². The summed E-state index contributed by atoms with van der Waals surface area (Å²) in [6, 6.07) is 22.2. The number of carbonyl (C=O) groups is 2. The van der Waals surface area contributed by atoms with Gasteiger partial charge in [-0.1, -0.05) is 80.1 Å². The Morgan fingerprint density at radius 2 is 1.56 bits per heavy atom. The molecular formula is C31H39N3O4S. The number of aryl methyl sites for hydroxylation is 2. The minimum atomic E-state index is -4.08. The molecule has 2 atom stereocenters. The molecule has 0 bridgehead atoms. The van der Waals surface area contributed by atoms with Crippen molar-refractivity contribution in [3.8, 4) is 0 Å². The SMILES string of the molecule is CCc1ccccc1N(CC(=O)N(Cc1cccc(C)c1)C(C)C(=O)NC(C)CC)S(=O)(=O)c1ccccc1. The summed E-state index contributed by atoms with van der Waals surface area (Å²) >= 11 is 0. The molecule has 0 spiro atoms. The molecule has 2 unspecified atom stereocenters. The highest BCUT2D eigenvalue weighted by Gasteiger charge is 2.33. The highest BCUT2D eigenvalue weighted by molar-refractivity contribution is 7.92. The van der Waals surface area contributed by atoms with Crippen LogP contribution in [0.2, 0.25) is 0 Å². The van der Waals surface area contributed by atoms with Gasteiger partial charge in [-0.05, 0) is 62.9 Å². The van der Waals surface area contributed by atoms with E-state index in [2.05, 4.69) is 5.32 Å². The fraction of sp³-hybridized carbons (Fsp3) is 0.355. The topological polar surface area (TPSA) is 86.8 Å².